The fraction of sp³-hybridized carbons (Fsp3) is 0.462. The van der Waals surface area contributed by atoms with Crippen molar-refractivity contribution >= 4 is 11.9 Å². The molecule has 0 saturated carbocycles. The zero-order valence-corrected chi connectivity index (χ0v) is 11.0. The summed E-state index contributed by atoms with van der Waals surface area (Å²) < 4.78 is 5.04. The van der Waals surface area contributed by atoms with Crippen LogP contribution in [0.25, 0.3) is 0 Å². The largest absolute Gasteiger partial charge is 0.494 e. The van der Waals surface area contributed by atoms with Crippen LogP contribution in [0.3, 0.4) is 0 Å². The molecular weight excluding hydrogens is 248 g/mol. The molecule has 0 radical (unpaired) electrons. The molecule has 1 amide bonds. The fourth-order valence-electron chi connectivity index (χ4n) is 1.56. The normalized spacial score (nSPS) is 11.7. The number of aliphatic carboxylic acids is 1. The van der Waals surface area contributed by atoms with Crippen LogP contribution < -0.4 is 10.1 Å². The second-order valence-electron chi connectivity index (χ2n) is 4.21. The first-order valence-corrected chi connectivity index (χ1v) is 6.05. The highest BCUT2D eigenvalue weighted by Crippen LogP contribution is 2.15. The number of aromatic nitrogens is 1. The minimum Gasteiger partial charge on any atom is -0.494 e. The Bertz CT molecular complexity index is 448. The average Bonchev–Trinajstić information content (AvgIpc) is 2.42. The predicted molar refractivity (Wildman–Crippen MR) is 69.2 cm³/mol. The highest BCUT2D eigenvalue weighted by Gasteiger charge is 2.13. The Morgan fingerprint density at radius 1 is 1.53 bits per heavy atom. The number of carbonyl (C=O) groups is 2. The highest BCUT2D eigenvalue weighted by atomic mass is 16.5. The molecule has 1 atom stereocenters. The van der Waals surface area contributed by atoms with Crippen LogP contribution in [0.2, 0.25) is 0 Å². The first-order chi connectivity index (χ1) is 9.06. The number of rotatable bonds is 7. The summed E-state index contributed by atoms with van der Waals surface area (Å²) in [5.41, 5.74) is 0.420. The van der Waals surface area contributed by atoms with Gasteiger partial charge in [-0.1, -0.05) is 6.92 Å². The standard InChI is InChI=1S/C13H18N2O4/c1-9(13(17)18)4-3-6-15-12(16)10-5-7-14-8-11(10)19-2/h5,7-9H,3-4,6H2,1-2H3,(H,15,16)(H,17,18). The van der Waals surface area contributed by atoms with Crippen molar-refractivity contribution < 1.29 is 19.4 Å². The number of amides is 1. The number of ether oxygens (including phenoxy) is 1. The van der Waals surface area contributed by atoms with Crippen molar-refractivity contribution in [3.05, 3.63) is 24.0 Å². The summed E-state index contributed by atoms with van der Waals surface area (Å²) in [5.74, 6) is -1.05. The topological polar surface area (TPSA) is 88.5 Å². The summed E-state index contributed by atoms with van der Waals surface area (Å²) in [7, 11) is 1.47. The number of hydrogen-bond acceptors (Lipinski definition) is 4. The Kier molecular flexibility index (Phi) is 5.78. The zero-order chi connectivity index (χ0) is 14.3. The van der Waals surface area contributed by atoms with Crippen LogP contribution in [-0.2, 0) is 4.79 Å². The quantitative estimate of drug-likeness (QED) is 0.727. The van der Waals surface area contributed by atoms with Crippen molar-refractivity contribution in [3.8, 4) is 5.75 Å². The van der Waals surface area contributed by atoms with Gasteiger partial charge < -0.3 is 15.2 Å². The number of methoxy groups -OCH3 is 1. The molecule has 0 aromatic carbocycles. The first kappa shape index (κ1) is 14.9. The van der Waals surface area contributed by atoms with Crippen molar-refractivity contribution in [1.82, 2.24) is 10.3 Å². The lowest BCUT2D eigenvalue weighted by molar-refractivity contribution is -0.141. The molecule has 0 fully saturated rings. The Balaban J connectivity index is 2.41. The number of hydrogen-bond donors (Lipinski definition) is 2. The number of carboxylic acid groups (broad SMARTS) is 1. The molecule has 104 valence electrons. The second-order valence-corrected chi connectivity index (χ2v) is 4.21. The minimum atomic E-state index is -0.817. The van der Waals surface area contributed by atoms with E-state index >= 15 is 0 Å². The van der Waals surface area contributed by atoms with Crippen LogP contribution in [0.1, 0.15) is 30.1 Å². The van der Waals surface area contributed by atoms with Gasteiger partial charge in [-0.05, 0) is 18.9 Å². The number of nitrogens with zero attached hydrogens (tertiary/aromatic N) is 1. The van der Waals surface area contributed by atoms with Crippen molar-refractivity contribution in [2.45, 2.75) is 19.8 Å². The van der Waals surface area contributed by atoms with Gasteiger partial charge in [0.25, 0.3) is 5.91 Å². The van der Waals surface area contributed by atoms with Gasteiger partial charge in [-0.25, -0.2) is 0 Å². The van der Waals surface area contributed by atoms with Crippen LogP contribution >= 0.6 is 0 Å². The van der Waals surface area contributed by atoms with E-state index in [1.165, 1.54) is 19.5 Å². The third kappa shape index (κ3) is 4.57. The smallest absolute Gasteiger partial charge is 0.306 e. The van der Waals surface area contributed by atoms with Gasteiger partial charge in [-0.2, -0.15) is 0 Å². The monoisotopic (exact) mass is 266 g/mol. The van der Waals surface area contributed by atoms with E-state index in [0.29, 0.717) is 30.7 Å². The number of pyridine rings is 1. The van der Waals surface area contributed by atoms with E-state index in [9.17, 15) is 9.59 Å². The molecule has 19 heavy (non-hydrogen) atoms. The third-order valence-corrected chi connectivity index (χ3v) is 2.77. The van der Waals surface area contributed by atoms with Crippen molar-refractivity contribution in [3.63, 3.8) is 0 Å². The number of carbonyl (C=O) groups excluding carboxylic acids is 1. The van der Waals surface area contributed by atoms with E-state index in [2.05, 4.69) is 10.3 Å². The molecule has 2 N–H and O–H groups in total. The molecule has 1 rings (SSSR count). The molecule has 0 aliphatic carbocycles. The molecule has 0 bridgehead atoms. The second kappa shape index (κ2) is 7.35. The Morgan fingerprint density at radius 3 is 2.89 bits per heavy atom. The third-order valence-electron chi connectivity index (χ3n) is 2.77. The maximum absolute atomic E-state index is 11.9. The van der Waals surface area contributed by atoms with Crippen LogP contribution in [0.5, 0.6) is 5.75 Å². The Morgan fingerprint density at radius 2 is 2.26 bits per heavy atom. The summed E-state index contributed by atoms with van der Waals surface area (Å²) >= 11 is 0. The van der Waals surface area contributed by atoms with Crippen LogP contribution in [-0.4, -0.2) is 35.6 Å². The summed E-state index contributed by atoms with van der Waals surface area (Å²) in [6.07, 6.45) is 4.14. The Labute approximate surface area is 111 Å². The molecule has 0 spiro atoms. The first-order valence-electron chi connectivity index (χ1n) is 6.05. The summed E-state index contributed by atoms with van der Waals surface area (Å²) in [6.45, 7) is 2.08. The van der Waals surface area contributed by atoms with Gasteiger partial charge in [0.05, 0.1) is 24.8 Å². The molecule has 0 saturated heterocycles. The molecule has 1 aromatic rings. The molecular formula is C13H18N2O4. The van der Waals surface area contributed by atoms with Crippen molar-refractivity contribution in [2.75, 3.05) is 13.7 Å². The lowest BCUT2D eigenvalue weighted by atomic mass is 10.1. The molecule has 1 heterocycles. The number of carboxylic acids is 1. The van der Waals surface area contributed by atoms with Crippen molar-refractivity contribution in [2.24, 2.45) is 5.92 Å². The van der Waals surface area contributed by atoms with E-state index in [1.54, 1.807) is 13.0 Å². The van der Waals surface area contributed by atoms with E-state index in [0.717, 1.165) is 0 Å². The van der Waals surface area contributed by atoms with Gasteiger partial charge in [-0.15, -0.1) is 0 Å². The van der Waals surface area contributed by atoms with Gasteiger partial charge in [0, 0.05) is 12.7 Å². The van der Waals surface area contributed by atoms with E-state index < -0.39 is 11.9 Å². The minimum absolute atomic E-state index is 0.248. The molecule has 0 aliphatic rings. The average molecular weight is 266 g/mol. The summed E-state index contributed by atoms with van der Waals surface area (Å²) in [6, 6.07) is 1.58. The highest BCUT2D eigenvalue weighted by molar-refractivity contribution is 5.96. The fourth-order valence-corrected chi connectivity index (χ4v) is 1.56. The van der Waals surface area contributed by atoms with Crippen molar-refractivity contribution in [1.29, 1.82) is 0 Å². The van der Waals surface area contributed by atoms with Gasteiger partial charge in [0.15, 0.2) is 0 Å². The van der Waals surface area contributed by atoms with Gasteiger partial charge >= 0.3 is 5.97 Å². The van der Waals surface area contributed by atoms with Gasteiger partial charge in [0.1, 0.15) is 5.75 Å². The summed E-state index contributed by atoms with van der Waals surface area (Å²) in [5, 5.41) is 11.5. The van der Waals surface area contributed by atoms with E-state index in [4.69, 9.17) is 9.84 Å². The summed E-state index contributed by atoms with van der Waals surface area (Å²) in [4.78, 5) is 26.4. The van der Waals surface area contributed by atoms with E-state index in [1.807, 2.05) is 0 Å². The maximum atomic E-state index is 11.9. The van der Waals surface area contributed by atoms with Crippen LogP contribution in [0.4, 0.5) is 0 Å². The lowest BCUT2D eigenvalue weighted by Crippen LogP contribution is -2.25. The zero-order valence-electron chi connectivity index (χ0n) is 11.0. The number of nitrogens with one attached hydrogen (secondary N) is 1. The van der Waals surface area contributed by atoms with E-state index in [-0.39, 0.29) is 5.91 Å². The van der Waals surface area contributed by atoms with Gasteiger partial charge in [0.2, 0.25) is 0 Å². The Hall–Kier alpha value is -2.11. The molecule has 0 aliphatic heterocycles. The van der Waals surface area contributed by atoms with Gasteiger partial charge in [-0.3, -0.25) is 14.6 Å². The lowest BCUT2D eigenvalue weighted by Gasteiger charge is -2.09. The SMILES string of the molecule is COc1cnccc1C(=O)NCCCC(C)C(=O)O. The molecule has 1 aromatic heterocycles. The predicted octanol–water partition coefficient (Wildman–Crippen LogP) is 1.32. The molecule has 1 unspecified atom stereocenters. The maximum Gasteiger partial charge on any atom is 0.306 e. The molecule has 6 heteroatoms. The van der Waals surface area contributed by atoms with Crippen LogP contribution in [0.15, 0.2) is 18.5 Å². The van der Waals surface area contributed by atoms with Crippen LogP contribution in [0, 0.1) is 5.92 Å². The molecule has 6 nitrogen and oxygen atoms in total.